The summed E-state index contributed by atoms with van der Waals surface area (Å²) in [5.41, 5.74) is 7.29. The van der Waals surface area contributed by atoms with Gasteiger partial charge in [0.05, 0.1) is 0 Å². The summed E-state index contributed by atoms with van der Waals surface area (Å²) < 4.78 is 0. The van der Waals surface area contributed by atoms with Gasteiger partial charge in [-0.15, -0.1) is 0 Å². The first kappa shape index (κ1) is 16.7. The van der Waals surface area contributed by atoms with Gasteiger partial charge in [0.25, 0.3) is 0 Å². The topological polar surface area (TPSA) is 47.3 Å². The van der Waals surface area contributed by atoms with Gasteiger partial charge in [0.15, 0.2) is 6.19 Å². The number of aryl methyl sites for hydroxylation is 2. The molecule has 2 aromatic rings. The molecule has 1 fully saturated rings. The van der Waals surface area contributed by atoms with Crippen molar-refractivity contribution in [2.75, 3.05) is 18.0 Å². The van der Waals surface area contributed by atoms with Gasteiger partial charge < -0.3 is 4.90 Å². The van der Waals surface area contributed by atoms with Crippen LogP contribution in [0.3, 0.4) is 0 Å². The molecule has 2 aliphatic heterocycles. The van der Waals surface area contributed by atoms with E-state index in [9.17, 15) is 10.1 Å². The number of likely N-dealkylation sites (tertiary alicyclic amines) is 1. The molecule has 4 heteroatoms. The summed E-state index contributed by atoms with van der Waals surface area (Å²) in [5, 5.41) is 9.28. The predicted octanol–water partition coefficient (Wildman–Crippen LogP) is 3.81. The molecule has 1 atom stereocenters. The van der Waals surface area contributed by atoms with E-state index in [1.807, 2.05) is 17.0 Å². The van der Waals surface area contributed by atoms with Gasteiger partial charge in [-0.05, 0) is 67.0 Å². The van der Waals surface area contributed by atoms with Crippen LogP contribution in [0.4, 0.5) is 5.69 Å². The molecule has 0 bridgehead atoms. The largest absolute Gasteiger partial charge is 0.310 e. The van der Waals surface area contributed by atoms with E-state index in [1.54, 1.807) is 4.90 Å². The summed E-state index contributed by atoms with van der Waals surface area (Å²) in [6.45, 7) is 5.67. The smallest absolute Gasteiger partial charge is 0.250 e. The van der Waals surface area contributed by atoms with Crippen molar-refractivity contribution < 1.29 is 4.79 Å². The summed E-state index contributed by atoms with van der Waals surface area (Å²) in [6.07, 6.45) is 4.73. The number of rotatable bonds is 2. The molecule has 26 heavy (non-hydrogen) atoms. The van der Waals surface area contributed by atoms with Crippen LogP contribution in [0.2, 0.25) is 0 Å². The number of anilines is 1. The highest BCUT2D eigenvalue weighted by Gasteiger charge is 2.36. The predicted molar refractivity (Wildman–Crippen MR) is 103 cm³/mol. The second-order valence-corrected chi connectivity index (χ2v) is 7.26. The number of benzene rings is 2. The molecule has 2 aromatic carbocycles. The van der Waals surface area contributed by atoms with Crippen molar-refractivity contribution in [3.05, 3.63) is 53.1 Å². The van der Waals surface area contributed by atoms with Gasteiger partial charge in [0.2, 0.25) is 5.91 Å². The number of nitriles is 1. The van der Waals surface area contributed by atoms with E-state index >= 15 is 0 Å². The molecule has 1 unspecified atom stereocenters. The fraction of sp³-hybridized carbons (Fsp3) is 0.364. The number of carbonyl (C=O) groups is 1. The number of carbonyl (C=O) groups excluding carboxylic acids is 1. The van der Waals surface area contributed by atoms with Crippen LogP contribution in [-0.4, -0.2) is 29.9 Å². The third-order valence-corrected chi connectivity index (χ3v) is 5.71. The van der Waals surface area contributed by atoms with Crippen LogP contribution in [0, 0.1) is 25.3 Å². The second kappa shape index (κ2) is 6.49. The lowest BCUT2D eigenvalue weighted by Gasteiger charge is -2.25. The lowest BCUT2D eigenvalue weighted by Crippen LogP contribution is -2.43. The molecule has 4 rings (SSSR count). The van der Waals surface area contributed by atoms with E-state index in [4.69, 9.17) is 0 Å². The highest BCUT2D eigenvalue weighted by Crippen LogP contribution is 2.39. The van der Waals surface area contributed by atoms with Crippen molar-refractivity contribution >= 4 is 11.6 Å². The van der Waals surface area contributed by atoms with Crippen molar-refractivity contribution in [3.63, 3.8) is 0 Å². The molecule has 2 heterocycles. The number of amides is 1. The van der Waals surface area contributed by atoms with Gasteiger partial charge >= 0.3 is 0 Å². The molecule has 1 saturated heterocycles. The highest BCUT2D eigenvalue weighted by molar-refractivity contribution is 6.00. The Kier molecular flexibility index (Phi) is 4.16. The first-order valence-corrected chi connectivity index (χ1v) is 9.28. The van der Waals surface area contributed by atoms with Gasteiger partial charge in [0.1, 0.15) is 6.04 Å². The number of hydrogen-bond donors (Lipinski definition) is 0. The molecule has 2 aliphatic rings. The van der Waals surface area contributed by atoms with Crippen LogP contribution in [0.5, 0.6) is 0 Å². The zero-order valence-electron chi connectivity index (χ0n) is 15.3. The van der Waals surface area contributed by atoms with E-state index in [0.29, 0.717) is 13.1 Å². The maximum absolute atomic E-state index is 13.1. The van der Waals surface area contributed by atoms with Crippen LogP contribution in [0.1, 0.15) is 29.5 Å². The fourth-order valence-corrected chi connectivity index (χ4v) is 4.46. The summed E-state index contributed by atoms with van der Waals surface area (Å²) in [5.74, 6) is 0.0708. The molecule has 4 nitrogen and oxygen atoms in total. The minimum absolute atomic E-state index is 0.0708. The number of nitrogens with zero attached hydrogens (tertiary/aromatic N) is 3. The molecule has 0 saturated carbocycles. The van der Waals surface area contributed by atoms with Gasteiger partial charge in [-0.3, -0.25) is 9.69 Å². The Balaban J connectivity index is 1.73. The summed E-state index contributed by atoms with van der Waals surface area (Å²) in [7, 11) is 0. The van der Waals surface area contributed by atoms with Crippen LogP contribution >= 0.6 is 0 Å². The molecule has 0 spiro atoms. The Morgan fingerprint density at radius 2 is 1.85 bits per heavy atom. The van der Waals surface area contributed by atoms with Crippen LogP contribution < -0.4 is 4.90 Å². The van der Waals surface area contributed by atoms with Gasteiger partial charge in [0, 0.05) is 18.8 Å². The third kappa shape index (κ3) is 2.55. The molecule has 132 valence electrons. The van der Waals surface area contributed by atoms with E-state index < -0.39 is 0 Å². The average Bonchev–Trinajstić information content (AvgIpc) is 3.28. The van der Waals surface area contributed by atoms with Crippen LogP contribution in [0.25, 0.3) is 11.1 Å². The highest BCUT2D eigenvalue weighted by atomic mass is 16.2. The average molecular weight is 345 g/mol. The van der Waals surface area contributed by atoms with E-state index in [-0.39, 0.29) is 11.9 Å². The zero-order chi connectivity index (χ0) is 18.3. The Morgan fingerprint density at radius 3 is 2.58 bits per heavy atom. The molecular formula is C22H23N3O. The summed E-state index contributed by atoms with van der Waals surface area (Å²) in [6, 6.07) is 12.3. The molecule has 0 aliphatic carbocycles. The van der Waals surface area contributed by atoms with E-state index in [0.717, 1.165) is 24.9 Å². The van der Waals surface area contributed by atoms with Crippen LogP contribution in [0.15, 0.2) is 36.4 Å². The molecule has 0 N–H and O–H groups in total. The summed E-state index contributed by atoms with van der Waals surface area (Å²) in [4.78, 5) is 16.6. The first-order chi connectivity index (χ1) is 12.6. The SMILES string of the molecule is Cc1cccc(C)c1-c1cccc2c1CCN2C(=O)C1CCCN1C#N. The number of hydrogen-bond acceptors (Lipinski definition) is 3. The minimum Gasteiger partial charge on any atom is -0.310 e. The number of fused-ring (bicyclic) bond motifs is 1. The van der Waals surface area contributed by atoms with E-state index in [2.05, 4.69) is 44.3 Å². The third-order valence-electron chi connectivity index (χ3n) is 5.71. The quantitative estimate of drug-likeness (QED) is 0.778. The summed E-state index contributed by atoms with van der Waals surface area (Å²) >= 11 is 0. The molecule has 0 aromatic heterocycles. The zero-order valence-corrected chi connectivity index (χ0v) is 15.3. The van der Waals surface area contributed by atoms with Crippen molar-refractivity contribution in [2.45, 2.75) is 39.2 Å². The van der Waals surface area contributed by atoms with E-state index in [1.165, 1.54) is 27.8 Å². The lowest BCUT2D eigenvalue weighted by atomic mass is 9.91. The van der Waals surface area contributed by atoms with Crippen molar-refractivity contribution in [3.8, 4) is 17.3 Å². The van der Waals surface area contributed by atoms with Crippen LogP contribution in [-0.2, 0) is 11.2 Å². The Morgan fingerprint density at radius 1 is 1.12 bits per heavy atom. The molecule has 0 radical (unpaired) electrons. The molecule has 1 amide bonds. The normalized spacial score (nSPS) is 18.7. The Hall–Kier alpha value is -2.80. The minimum atomic E-state index is -0.296. The van der Waals surface area contributed by atoms with Gasteiger partial charge in [-0.1, -0.05) is 30.3 Å². The van der Waals surface area contributed by atoms with Gasteiger partial charge in [-0.25, -0.2) is 0 Å². The van der Waals surface area contributed by atoms with Crippen molar-refractivity contribution in [2.24, 2.45) is 0 Å². The van der Waals surface area contributed by atoms with Gasteiger partial charge in [-0.2, -0.15) is 5.26 Å². The maximum atomic E-state index is 13.1. The second-order valence-electron chi connectivity index (χ2n) is 7.26. The monoisotopic (exact) mass is 345 g/mol. The first-order valence-electron chi connectivity index (χ1n) is 9.28. The Bertz CT molecular complexity index is 892. The molecular weight excluding hydrogens is 322 g/mol. The fourth-order valence-electron chi connectivity index (χ4n) is 4.46. The Labute approximate surface area is 154 Å². The maximum Gasteiger partial charge on any atom is 0.250 e. The lowest BCUT2D eigenvalue weighted by molar-refractivity contribution is -0.121. The van der Waals surface area contributed by atoms with Crippen molar-refractivity contribution in [1.29, 1.82) is 5.26 Å². The standard InChI is InChI=1S/C22H23N3O/c1-15-6-3-7-16(2)21(15)18-8-4-9-19-17(18)11-13-25(19)22(26)20-10-5-12-24(20)14-23/h3-4,6-9,20H,5,10-13H2,1-2H3. The van der Waals surface area contributed by atoms with Crippen molar-refractivity contribution in [1.82, 2.24) is 4.90 Å².